The molecule has 1 heterocycles. The molecule has 0 N–H and O–H groups in total. The van der Waals surface area contributed by atoms with Gasteiger partial charge in [-0.25, -0.2) is 0 Å². The lowest BCUT2D eigenvalue weighted by molar-refractivity contribution is -0.123. The van der Waals surface area contributed by atoms with Crippen molar-refractivity contribution in [2.45, 2.75) is 20.3 Å². The largest absolute Gasteiger partial charge is 0.338 e. The quantitative estimate of drug-likeness (QED) is 0.499. The van der Waals surface area contributed by atoms with Gasteiger partial charge in [0.1, 0.15) is 0 Å². The van der Waals surface area contributed by atoms with Crippen LogP contribution in [0.1, 0.15) is 20.3 Å². The average Bonchev–Trinajstić information content (AvgIpc) is 2.19. The fourth-order valence-electron chi connectivity index (χ4n) is 0.529. The lowest BCUT2D eigenvalue weighted by atomic mass is 10.6. The predicted molar refractivity (Wildman–Crippen MR) is 42.7 cm³/mol. The summed E-state index contributed by atoms with van der Waals surface area (Å²) in [5.74, 6) is 0.111. The molecule has 1 rings (SSSR count). The Kier molecular flexibility index (Phi) is 4.63. The number of hydrogen-bond acceptors (Lipinski definition) is 1. The van der Waals surface area contributed by atoms with Crippen LogP contribution in [-0.2, 0) is 4.79 Å². The summed E-state index contributed by atoms with van der Waals surface area (Å²) in [6.07, 6.45) is 4.68. The second-order valence-electron chi connectivity index (χ2n) is 2.33. The van der Waals surface area contributed by atoms with E-state index in [4.69, 9.17) is 0 Å². The standard InChI is InChI=1S/C5H7NO.C3H8/c1-6-4-2-3-5(6)7;1-3-2/h2-3H,4H2,1H3;3H2,1-2H3. The fraction of sp³-hybridized carbons (Fsp3) is 0.625. The Morgan fingerprint density at radius 3 is 2.20 bits per heavy atom. The van der Waals surface area contributed by atoms with Crippen molar-refractivity contribution in [3.8, 4) is 0 Å². The van der Waals surface area contributed by atoms with Gasteiger partial charge in [-0.1, -0.05) is 26.3 Å². The molecule has 1 aliphatic heterocycles. The Labute approximate surface area is 62.5 Å². The van der Waals surface area contributed by atoms with Gasteiger partial charge in [0.25, 0.3) is 0 Å². The van der Waals surface area contributed by atoms with Crippen LogP contribution >= 0.6 is 0 Å². The maximum atomic E-state index is 10.4. The lowest BCUT2D eigenvalue weighted by Crippen LogP contribution is -2.18. The molecule has 0 atom stereocenters. The summed E-state index contributed by atoms with van der Waals surface area (Å²) < 4.78 is 0. The van der Waals surface area contributed by atoms with Crippen LogP contribution < -0.4 is 0 Å². The Balaban J connectivity index is 0.000000236. The normalized spacial score (nSPS) is 15.1. The van der Waals surface area contributed by atoms with Gasteiger partial charge in [-0.2, -0.15) is 0 Å². The number of carbonyl (C=O) groups excluding carboxylic acids is 1. The van der Waals surface area contributed by atoms with Gasteiger partial charge < -0.3 is 4.90 Å². The molecular weight excluding hydrogens is 126 g/mol. The van der Waals surface area contributed by atoms with E-state index in [9.17, 15) is 4.79 Å². The van der Waals surface area contributed by atoms with Crippen LogP contribution in [0.4, 0.5) is 0 Å². The zero-order valence-corrected chi connectivity index (χ0v) is 6.92. The number of rotatable bonds is 0. The van der Waals surface area contributed by atoms with E-state index in [2.05, 4.69) is 13.8 Å². The van der Waals surface area contributed by atoms with Crippen molar-refractivity contribution in [3.05, 3.63) is 12.2 Å². The van der Waals surface area contributed by atoms with Crippen molar-refractivity contribution in [1.82, 2.24) is 4.90 Å². The third kappa shape index (κ3) is 3.28. The maximum absolute atomic E-state index is 10.4. The molecule has 0 fully saturated rings. The summed E-state index contributed by atoms with van der Waals surface area (Å²) in [6, 6.07) is 0. The molecule has 0 aromatic heterocycles. The lowest BCUT2D eigenvalue weighted by Gasteiger charge is -2.03. The zero-order chi connectivity index (χ0) is 7.98. The molecule has 1 amide bonds. The highest BCUT2D eigenvalue weighted by molar-refractivity contribution is 5.89. The van der Waals surface area contributed by atoms with Gasteiger partial charge in [-0.15, -0.1) is 0 Å². The first-order chi connectivity index (χ1) is 4.72. The molecule has 0 bridgehead atoms. The minimum Gasteiger partial charge on any atom is -0.338 e. The molecule has 0 aromatic rings. The number of hydrogen-bond donors (Lipinski definition) is 0. The predicted octanol–water partition coefficient (Wildman–Crippen LogP) is 1.43. The molecule has 2 nitrogen and oxygen atoms in total. The van der Waals surface area contributed by atoms with Gasteiger partial charge in [0, 0.05) is 19.7 Å². The minimum atomic E-state index is 0.111. The molecular formula is C8H15NO. The van der Waals surface area contributed by atoms with Crippen LogP contribution in [0.5, 0.6) is 0 Å². The molecule has 0 radical (unpaired) electrons. The van der Waals surface area contributed by atoms with E-state index in [1.54, 1.807) is 18.0 Å². The van der Waals surface area contributed by atoms with Crippen LogP contribution in [0.2, 0.25) is 0 Å². The van der Waals surface area contributed by atoms with Crippen molar-refractivity contribution in [3.63, 3.8) is 0 Å². The highest BCUT2D eigenvalue weighted by Crippen LogP contribution is 1.94. The van der Waals surface area contributed by atoms with E-state index in [-0.39, 0.29) is 5.91 Å². The summed E-state index contributed by atoms with van der Waals surface area (Å²) in [7, 11) is 1.78. The average molecular weight is 141 g/mol. The van der Waals surface area contributed by atoms with Gasteiger partial charge in [-0.05, 0) is 0 Å². The third-order valence-corrected chi connectivity index (χ3v) is 1.02. The van der Waals surface area contributed by atoms with Crippen LogP contribution in [0.25, 0.3) is 0 Å². The van der Waals surface area contributed by atoms with Gasteiger partial charge >= 0.3 is 0 Å². The molecule has 0 unspecified atom stereocenters. The molecule has 58 valence electrons. The van der Waals surface area contributed by atoms with Crippen LogP contribution in [0.3, 0.4) is 0 Å². The second kappa shape index (κ2) is 5.03. The summed E-state index contributed by atoms with van der Waals surface area (Å²) in [6.45, 7) is 5.03. The topological polar surface area (TPSA) is 20.3 Å². The van der Waals surface area contributed by atoms with Crippen LogP contribution in [-0.4, -0.2) is 24.4 Å². The van der Waals surface area contributed by atoms with E-state index in [0.29, 0.717) is 0 Å². The van der Waals surface area contributed by atoms with Crippen molar-refractivity contribution in [1.29, 1.82) is 0 Å². The van der Waals surface area contributed by atoms with Crippen molar-refractivity contribution < 1.29 is 4.79 Å². The molecule has 0 aromatic carbocycles. The van der Waals surface area contributed by atoms with Gasteiger partial charge in [0.2, 0.25) is 5.91 Å². The van der Waals surface area contributed by atoms with Gasteiger partial charge in [-0.3, -0.25) is 4.79 Å². The molecule has 10 heavy (non-hydrogen) atoms. The molecule has 2 heteroatoms. The van der Waals surface area contributed by atoms with Gasteiger partial charge in [0.05, 0.1) is 0 Å². The smallest absolute Gasteiger partial charge is 0.246 e. The molecule has 0 spiro atoms. The SMILES string of the molecule is CCC.CN1CC=CC1=O. The van der Waals surface area contributed by atoms with Crippen molar-refractivity contribution in [2.24, 2.45) is 0 Å². The first-order valence-corrected chi connectivity index (χ1v) is 3.64. The Hall–Kier alpha value is -0.790. The summed E-state index contributed by atoms with van der Waals surface area (Å²) in [4.78, 5) is 12.1. The van der Waals surface area contributed by atoms with Crippen molar-refractivity contribution in [2.75, 3.05) is 13.6 Å². The van der Waals surface area contributed by atoms with Crippen LogP contribution in [0, 0.1) is 0 Å². The van der Waals surface area contributed by atoms with E-state index in [0.717, 1.165) is 6.54 Å². The summed E-state index contributed by atoms with van der Waals surface area (Å²) >= 11 is 0. The molecule has 1 aliphatic rings. The second-order valence-corrected chi connectivity index (χ2v) is 2.33. The van der Waals surface area contributed by atoms with Crippen LogP contribution in [0.15, 0.2) is 12.2 Å². The Morgan fingerprint density at radius 1 is 1.60 bits per heavy atom. The highest BCUT2D eigenvalue weighted by atomic mass is 16.2. The first kappa shape index (κ1) is 9.21. The van der Waals surface area contributed by atoms with E-state index in [1.165, 1.54) is 6.42 Å². The fourth-order valence-corrected chi connectivity index (χ4v) is 0.529. The summed E-state index contributed by atoms with van der Waals surface area (Å²) in [5.41, 5.74) is 0. The summed E-state index contributed by atoms with van der Waals surface area (Å²) in [5, 5.41) is 0. The monoisotopic (exact) mass is 141 g/mol. The van der Waals surface area contributed by atoms with E-state index >= 15 is 0 Å². The Bertz CT molecular complexity index is 129. The van der Waals surface area contributed by atoms with E-state index in [1.807, 2.05) is 6.08 Å². The minimum absolute atomic E-state index is 0.111. The third-order valence-electron chi connectivity index (χ3n) is 1.02. The number of likely N-dealkylation sites (N-methyl/N-ethyl adjacent to an activating group) is 1. The van der Waals surface area contributed by atoms with Gasteiger partial charge in [0.15, 0.2) is 0 Å². The number of amides is 1. The molecule has 0 saturated carbocycles. The molecule has 0 saturated heterocycles. The molecule has 0 aliphatic carbocycles. The zero-order valence-electron chi connectivity index (χ0n) is 6.92. The van der Waals surface area contributed by atoms with E-state index < -0.39 is 0 Å². The number of carbonyl (C=O) groups is 1. The first-order valence-electron chi connectivity index (χ1n) is 3.64. The maximum Gasteiger partial charge on any atom is 0.246 e. The highest BCUT2D eigenvalue weighted by Gasteiger charge is 2.06. The Morgan fingerprint density at radius 2 is 2.10 bits per heavy atom. The number of nitrogens with zero attached hydrogens (tertiary/aromatic N) is 1. The van der Waals surface area contributed by atoms with Crippen molar-refractivity contribution >= 4 is 5.91 Å².